The van der Waals surface area contributed by atoms with Crippen molar-refractivity contribution in [3.05, 3.63) is 40.6 Å². The largest absolute Gasteiger partial charge is 0.497 e. The van der Waals surface area contributed by atoms with Gasteiger partial charge in [-0.3, -0.25) is 4.79 Å². The molecule has 1 aliphatic rings. The van der Waals surface area contributed by atoms with Crippen LogP contribution in [-0.2, 0) is 0 Å². The zero-order chi connectivity index (χ0) is 20.1. The number of thioether (sulfide) groups is 2. The highest BCUT2D eigenvalue weighted by atomic mass is 32.2. The predicted molar refractivity (Wildman–Crippen MR) is 111 cm³/mol. The minimum Gasteiger partial charge on any atom is -0.497 e. The maximum atomic E-state index is 13.1. The molecular weight excluding hydrogens is 398 g/mol. The zero-order valence-corrected chi connectivity index (χ0v) is 17.7. The molecule has 0 aliphatic carbocycles. The van der Waals surface area contributed by atoms with E-state index in [-0.39, 0.29) is 5.91 Å². The van der Waals surface area contributed by atoms with Gasteiger partial charge in [-0.2, -0.15) is 4.98 Å². The SMILES string of the molecule is COc1cc(OC)cc(C(=O)N2CCS/C2=C/c2cnc(SC)nc2OC)c1. The number of nitrogens with zero attached hydrogens (tertiary/aromatic N) is 3. The lowest BCUT2D eigenvalue weighted by atomic mass is 10.1. The van der Waals surface area contributed by atoms with E-state index in [0.717, 1.165) is 16.3 Å². The molecule has 1 aromatic heterocycles. The first-order valence-corrected chi connectivity index (χ1v) is 10.6. The highest BCUT2D eigenvalue weighted by Gasteiger charge is 2.26. The molecule has 0 saturated carbocycles. The molecule has 0 radical (unpaired) electrons. The summed E-state index contributed by atoms with van der Waals surface area (Å²) in [5.41, 5.74) is 1.23. The summed E-state index contributed by atoms with van der Waals surface area (Å²) in [6.07, 6.45) is 5.50. The number of hydrogen-bond acceptors (Lipinski definition) is 8. The third-order valence-electron chi connectivity index (χ3n) is 4.09. The van der Waals surface area contributed by atoms with E-state index in [1.54, 1.807) is 62.4 Å². The van der Waals surface area contributed by atoms with Crippen LogP contribution in [0, 0.1) is 0 Å². The van der Waals surface area contributed by atoms with Gasteiger partial charge in [0.05, 0.1) is 31.9 Å². The summed E-state index contributed by atoms with van der Waals surface area (Å²) in [4.78, 5) is 23.5. The first kappa shape index (κ1) is 20.3. The van der Waals surface area contributed by atoms with E-state index >= 15 is 0 Å². The van der Waals surface area contributed by atoms with Crippen molar-refractivity contribution < 1.29 is 19.0 Å². The first-order chi connectivity index (χ1) is 13.6. The van der Waals surface area contributed by atoms with Crippen LogP contribution in [0.2, 0.25) is 0 Å². The summed E-state index contributed by atoms with van der Waals surface area (Å²) in [6.45, 7) is 0.612. The molecule has 1 saturated heterocycles. The Morgan fingerprint density at radius 3 is 2.50 bits per heavy atom. The fourth-order valence-electron chi connectivity index (χ4n) is 2.69. The van der Waals surface area contributed by atoms with Gasteiger partial charge < -0.3 is 19.1 Å². The molecule has 1 aliphatic heterocycles. The second-order valence-corrected chi connectivity index (χ2v) is 7.60. The molecule has 0 atom stereocenters. The van der Waals surface area contributed by atoms with Crippen molar-refractivity contribution in [2.45, 2.75) is 5.16 Å². The number of methoxy groups -OCH3 is 3. The van der Waals surface area contributed by atoms with Crippen LogP contribution < -0.4 is 14.2 Å². The van der Waals surface area contributed by atoms with Gasteiger partial charge in [0, 0.05) is 30.1 Å². The summed E-state index contributed by atoms with van der Waals surface area (Å²) in [5, 5.41) is 1.46. The number of carbonyl (C=O) groups is 1. The fraction of sp³-hybridized carbons (Fsp3) is 0.316. The highest BCUT2D eigenvalue weighted by Crippen LogP contribution is 2.34. The number of ether oxygens (including phenoxy) is 3. The van der Waals surface area contributed by atoms with Crippen LogP contribution in [-0.4, -0.2) is 60.7 Å². The van der Waals surface area contributed by atoms with E-state index < -0.39 is 0 Å². The highest BCUT2D eigenvalue weighted by molar-refractivity contribution is 8.03. The van der Waals surface area contributed by atoms with Crippen LogP contribution in [0.15, 0.2) is 34.6 Å². The third-order valence-corrected chi connectivity index (χ3v) is 5.67. The molecule has 28 heavy (non-hydrogen) atoms. The number of benzene rings is 1. The quantitative estimate of drug-likeness (QED) is 0.521. The van der Waals surface area contributed by atoms with E-state index in [1.165, 1.54) is 11.8 Å². The van der Waals surface area contributed by atoms with Gasteiger partial charge in [-0.05, 0) is 24.5 Å². The minimum atomic E-state index is -0.117. The number of carbonyl (C=O) groups excluding carboxylic acids is 1. The van der Waals surface area contributed by atoms with E-state index in [9.17, 15) is 4.79 Å². The Morgan fingerprint density at radius 1 is 1.18 bits per heavy atom. The van der Waals surface area contributed by atoms with Crippen LogP contribution in [0.5, 0.6) is 17.4 Å². The number of aromatic nitrogens is 2. The Morgan fingerprint density at radius 2 is 1.89 bits per heavy atom. The van der Waals surface area contributed by atoms with Crippen molar-refractivity contribution in [3.63, 3.8) is 0 Å². The molecule has 7 nitrogen and oxygen atoms in total. The zero-order valence-electron chi connectivity index (χ0n) is 16.1. The predicted octanol–water partition coefficient (Wildman–Crippen LogP) is 3.41. The second kappa shape index (κ2) is 9.20. The van der Waals surface area contributed by atoms with E-state index in [1.807, 2.05) is 12.3 Å². The Kier molecular flexibility index (Phi) is 6.69. The van der Waals surface area contributed by atoms with E-state index in [0.29, 0.717) is 34.6 Å². The topological polar surface area (TPSA) is 73.8 Å². The standard InChI is InChI=1S/C19H21N3O4S2/c1-24-14-7-12(8-15(10-14)25-2)18(23)22-5-6-28-16(22)9-13-11-20-19(27-4)21-17(13)26-3/h7-11H,5-6H2,1-4H3/b16-9+. The lowest BCUT2D eigenvalue weighted by molar-refractivity contribution is 0.0830. The Hall–Kier alpha value is -2.39. The summed E-state index contributed by atoms with van der Waals surface area (Å²) < 4.78 is 15.9. The molecule has 9 heteroatoms. The Labute approximate surface area is 172 Å². The molecule has 3 rings (SSSR count). The minimum absolute atomic E-state index is 0.117. The molecule has 0 N–H and O–H groups in total. The maximum Gasteiger partial charge on any atom is 0.258 e. The smallest absolute Gasteiger partial charge is 0.258 e. The Bertz CT molecular complexity index is 882. The normalized spacial score (nSPS) is 15.0. The lowest BCUT2D eigenvalue weighted by Gasteiger charge is -2.18. The molecule has 2 aromatic rings. The van der Waals surface area contributed by atoms with E-state index in [4.69, 9.17) is 14.2 Å². The van der Waals surface area contributed by atoms with Crippen LogP contribution in [0.4, 0.5) is 0 Å². The van der Waals surface area contributed by atoms with Crippen molar-refractivity contribution in [3.8, 4) is 17.4 Å². The van der Waals surface area contributed by atoms with Crippen molar-refractivity contribution in [1.82, 2.24) is 14.9 Å². The van der Waals surface area contributed by atoms with Gasteiger partial charge in [0.15, 0.2) is 5.16 Å². The lowest BCUT2D eigenvalue weighted by Crippen LogP contribution is -2.26. The molecule has 1 aromatic carbocycles. The van der Waals surface area contributed by atoms with Gasteiger partial charge in [0.1, 0.15) is 11.5 Å². The number of rotatable bonds is 6. The number of amides is 1. The van der Waals surface area contributed by atoms with Gasteiger partial charge in [0.2, 0.25) is 5.88 Å². The van der Waals surface area contributed by atoms with Crippen molar-refractivity contribution >= 4 is 35.5 Å². The monoisotopic (exact) mass is 419 g/mol. The maximum absolute atomic E-state index is 13.1. The van der Waals surface area contributed by atoms with Crippen LogP contribution in [0.25, 0.3) is 6.08 Å². The van der Waals surface area contributed by atoms with Crippen molar-refractivity contribution in [2.24, 2.45) is 0 Å². The van der Waals surface area contributed by atoms with Gasteiger partial charge in [-0.15, -0.1) is 11.8 Å². The van der Waals surface area contributed by atoms with Crippen molar-refractivity contribution in [1.29, 1.82) is 0 Å². The summed E-state index contributed by atoms with van der Waals surface area (Å²) in [6, 6.07) is 5.16. The molecule has 1 amide bonds. The van der Waals surface area contributed by atoms with Crippen LogP contribution in [0.1, 0.15) is 15.9 Å². The Balaban J connectivity index is 1.93. The second-order valence-electron chi connectivity index (χ2n) is 5.71. The first-order valence-electron chi connectivity index (χ1n) is 8.44. The van der Waals surface area contributed by atoms with Crippen LogP contribution in [0.3, 0.4) is 0 Å². The van der Waals surface area contributed by atoms with Crippen molar-refractivity contribution in [2.75, 3.05) is 39.9 Å². The molecule has 1 fully saturated rings. The van der Waals surface area contributed by atoms with E-state index in [2.05, 4.69) is 9.97 Å². The molecular formula is C19H21N3O4S2. The molecule has 0 spiro atoms. The third kappa shape index (κ3) is 4.36. The molecule has 148 valence electrons. The van der Waals surface area contributed by atoms with Gasteiger partial charge in [-0.25, -0.2) is 4.98 Å². The molecule has 0 bridgehead atoms. The van der Waals surface area contributed by atoms with Crippen LogP contribution >= 0.6 is 23.5 Å². The molecule has 0 unspecified atom stereocenters. The van der Waals surface area contributed by atoms with Gasteiger partial charge >= 0.3 is 0 Å². The summed E-state index contributed by atoms with van der Waals surface area (Å²) >= 11 is 3.05. The van der Waals surface area contributed by atoms with Gasteiger partial charge in [-0.1, -0.05) is 11.8 Å². The fourth-order valence-corrected chi connectivity index (χ4v) is 4.05. The summed E-state index contributed by atoms with van der Waals surface area (Å²) in [7, 11) is 4.69. The molecule has 2 heterocycles. The number of hydrogen-bond donors (Lipinski definition) is 0. The van der Waals surface area contributed by atoms with Gasteiger partial charge in [0.25, 0.3) is 5.91 Å². The average molecular weight is 420 g/mol. The average Bonchev–Trinajstić information content (AvgIpc) is 3.21. The summed E-state index contributed by atoms with van der Waals surface area (Å²) in [5.74, 6) is 2.32.